The second kappa shape index (κ2) is 10.2. The minimum atomic E-state index is -0.227. The van der Waals surface area contributed by atoms with Crippen molar-refractivity contribution in [1.29, 1.82) is 0 Å². The molecule has 0 atom stereocenters. The van der Waals surface area contributed by atoms with Gasteiger partial charge < -0.3 is 25.0 Å². The zero-order chi connectivity index (χ0) is 20.5. The Morgan fingerprint density at radius 1 is 0.964 bits per heavy atom. The molecule has 0 saturated heterocycles. The summed E-state index contributed by atoms with van der Waals surface area (Å²) in [6.07, 6.45) is 0. The topological polar surface area (TPSA) is 79.9 Å². The molecule has 7 heteroatoms. The molecule has 0 unspecified atom stereocenters. The molecular weight excluding hydrogens is 358 g/mol. The molecule has 0 aliphatic carbocycles. The molecule has 0 saturated carbocycles. The highest BCUT2D eigenvalue weighted by molar-refractivity contribution is 5.96. The maximum atomic E-state index is 12.3. The van der Waals surface area contributed by atoms with Gasteiger partial charge in [0.2, 0.25) is 5.91 Å². The predicted molar refractivity (Wildman–Crippen MR) is 110 cm³/mol. The molecule has 0 bridgehead atoms. The Kier molecular flexibility index (Phi) is 7.68. The molecule has 0 aliphatic heterocycles. The van der Waals surface area contributed by atoms with Crippen LogP contribution in [0.2, 0.25) is 0 Å². The summed E-state index contributed by atoms with van der Waals surface area (Å²) in [5, 5.41) is 5.84. The first kappa shape index (κ1) is 21.1. The SMILES string of the molecule is CCN(CC)C(=O)c1ccc(NCC(=O)Nc2cc(OC)ccc2OC)cc1. The van der Waals surface area contributed by atoms with Crippen LogP contribution < -0.4 is 20.1 Å². The first-order valence-corrected chi connectivity index (χ1v) is 9.17. The number of ether oxygens (including phenoxy) is 2. The van der Waals surface area contributed by atoms with Gasteiger partial charge in [-0.05, 0) is 50.2 Å². The summed E-state index contributed by atoms with van der Waals surface area (Å²) in [5.41, 5.74) is 1.91. The number of carbonyl (C=O) groups excluding carboxylic acids is 2. The molecule has 0 spiro atoms. The Bertz CT molecular complexity index is 802. The number of benzene rings is 2. The van der Waals surface area contributed by atoms with Gasteiger partial charge in [-0.3, -0.25) is 9.59 Å². The van der Waals surface area contributed by atoms with Gasteiger partial charge in [0, 0.05) is 30.4 Å². The molecule has 0 fully saturated rings. The zero-order valence-corrected chi connectivity index (χ0v) is 16.7. The van der Waals surface area contributed by atoms with Crippen molar-refractivity contribution in [3.63, 3.8) is 0 Å². The molecule has 0 aromatic heterocycles. The maximum absolute atomic E-state index is 12.3. The van der Waals surface area contributed by atoms with Crippen molar-refractivity contribution >= 4 is 23.2 Å². The number of nitrogens with zero attached hydrogens (tertiary/aromatic N) is 1. The van der Waals surface area contributed by atoms with Crippen LogP contribution in [-0.2, 0) is 4.79 Å². The fourth-order valence-electron chi connectivity index (χ4n) is 2.71. The Morgan fingerprint density at radius 3 is 2.21 bits per heavy atom. The van der Waals surface area contributed by atoms with E-state index in [9.17, 15) is 9.59 Å². The number of methoxy groups -OCH3 is 2. The minimum Gasteiger partial charge on any atom is -0.497 e. The van der Waals surface area contributed by atoms with Crippen molar-refractivity contribution < 1.29 is 19.1 Å². The second-order valence-electron chi connectivity index (χ2n) is 6.02. The highest BCUT2D eigenvalue weighted by Crippen LogP contribution is 2.28. The summed E-state index contributed by atoms with van der Waals surface area (Å²) >= 11 is 0. The van der Waals surface area contributed by atoms with Crippen molar-refractivity contribution in [2.24, 2.45) is 0 Å². The predicted octanol–water partition coefficient (Wildman–Crippen LogP) is 3.24. The summed E-state index contributed by atoms with van der Waals surface area (Å²) in [6.45, 7) is 5.32. The molecule has 2 aromatic carbocycles. The van der Waals surface area contributed by atoms with Crippen LogP contribution in [0.25, 0.3) is 0 Å². The van der Waals surface area contributed by atoms with Gasteiger partial charge in [0.25, 0.3) is 5.91 Å². The summed E-state index contributed by atoms with van der Waals surface area (Å²) in [5.74, 6) is 0.945. The lowest BCUT2D eigenvalue weighted by atomic mass is 10.1. The first-order chi connectivity index (χ1) is 13.5. The van der Waals surface area contributed by atoms with Crippen molar-refractivity contribution in [3.8, 4) is 11.5 Å². The van der Waals surface area contributed by atoms with E-state index in [1.165, 1.54) is 7.11 Å². The Morgan fingerprint density at radius 2 is 1.64 bits per heavy atom. The number of amides is 2. The Labute approximate surface area is 165 Å². The van der Waals surface area contributed by atoms with Crippen molar-refractivity contribution in [2.45, 2.75) is 13.8 Å². The quantitative estimate of drug-likeness (QED) is 0.693. The van der Waals surface area contributed by atoms with Gasteiger partial charge in [0.1, 0.15) is 11.5 Å². The summed E-state index contributed by atoms with van der Waals surface area (Å²) in [7, 11) is 3.10. The number of carbonyl (C=O) groups is 2. The normalized spacial score (nSPS) is 10.1. The van der Waals surface area contributed by atoms with Crippen molar-refractivity contribution in [3.05, 3.63) is 48.0 Å². The summed E-state index contributed by atoms with van der Waals surface area (Å²) in [4.78, 5) is 26.3. The maximum Gasteiger partial charge on any atom is 0.253 e. The smallest absolute Gasteiger partial charge is 0.253 e. The van der Waals surface area contributed by atoms with E-state index in [1.54, 1.807) is 54.5 Å². The van der Waals surface area contributed by atoms with Crippen molar-refractivity contribution in [2.75, 3.05) is 44.5 Å². The lowest BCUT2D eigenvalue weighted by Crippen LogP contribution is -2.30. The summed E-state index contributed by atoms with van der Waals surface area (Å²) < 4.78 is 10.4. The van der Waals surface area contributed by atoms with Gasteiger partial charge >= 0.3 is 0 Å². The number of anilines is 2. The average Bonchev–Trinajstić information content (AvgIpc) is 2.73. The van der Waals surface area contributed by atoms with E-state index in [-0.39, 0.29) is 18.4 Å². The van der Waals surface area contributed by atoms with E-state index in [0.717, 1.165) is 5.69 Å². The van der Waals surface area contributed by atoms with Gasteiger partial charge in [0.15, 0.2) is 0 Å². The van der Waals surface area contributed by atoms with Crippen LogP contribution in [0, 0.1) is 0 Å². The second-order valence-corrected chi connectivity index (χ2v) is 6.02. The Hall–Kier alpha value is -3.22. The number of rotatable bonds is 9. The number of hydrogen-bond donors (Lipinski definition) is 2. The van der Waals surface area contributed by atoms with E-state index in [2.05, 4.69) is 10.6 Å². The minimum absolute atomic E-state index is 0.000544. The van der Waals surface area contributed by atoms with Crippen LogP contribution in [0.4, 0.5) is 11.4 Å². The van der Waals surface area contributed by atoms with Crippen LogP contribution in [0.1, 0.15) is 24.2 Å². The number of hydrogen-bond acceptors (Lipinski definition) is 5. The first-order valence-electron chi connectivity index (χ1n) is 9.17. The lowest BCUT2D eigenvalue weighted by Gasteiger charge is -2.18. The third kappa shape index (κ3) is 5.39. The fraction of sp³-hybridized carbons (Fsp3) is 0.333. The summed E-state index contributed by atoms with van der Waals surface area (Å²) in [6, 6.07) is 12.3. The van der Waals surface area contributed by atoms with E-state index in [0.29, 0.717) is 35.8 Å². The van der Waals surface area contributed by atoms with Crippen molar-refractivity contribution in [1.82, 2.24) is 4.90 Å². The molecule has 2 N–H and O–H groups in total. The van der Waals surface area contributed by atoms with Gasteiger partial charge in [-0.15, -0.1) is 0 Å². The van der Waals surface area contributed by atoms with Crippen LogP contribution in [-0.4, -0.2) is 50.6 Å². The molecule has 28 heavy (non-hydrogen) atoms. The highest BCUT2D eigenvalue weighted by Gasteiger charge is 2.12. The fourth-order valence-corrected chi connectivity index (χ4v) is 2.71. The zero-order valence-electron chi connectivity index (χ0n) is 16.7. The molecule has 150 valence electrons. The molecule has 2 rings (SSSR count). The molecular formula is C21H27N3O4. The molecule has 7 nitrogen and oxygen atoms in total. The van der Waals surface area contributed by atoms with E-state index in [1.807, 2.05) is 13.8 Å². The monoisotopic (exact) mass is 385 g/mol. The third-order valence-corrected chi connectivity index (χ3v) is 4.32. The molecule has 2 aromatic rings. The van der Waals surface area contributed by atoms with Gasteiger partial charge in [-0.25, -0.2) is 0 Å². The molecule has 0 radical (unpaired) electrons. The van der Waals surface area contributed by atoms with Crippen LogP contribution in [0.3, 0.4) is 0 Å². The lowest BCUT2D eigenvalue weighted by molar-refractivity contribution is -0.114. The molecule has 0 heterocycles. The third-order valence-electron chi connectivity index (χ3n) is 4.32. The Balaban J connectivity index is 1.95. The van der Waals surface area contributed by atoms with Gasteiger partial charge in [-0.1, -0.05) is 0 Å². The van der Waals surface area contributed by atoms with Crippen LogP contribution >= 0.6 is 0 Å². The van der Waals surface area contributed by atoms with E-state index >= 15 is 0 Å². The van der Waals surface area contributed by atoms with E-state index in [4.69, 9.17) is 9.47 Å². The number of nitrogens with one attached hydrogen (secondary N) is 2. The van der Waals surface area contributed by atoms with Gasteiger partial charge in [0.05, 0.1) is 26.5 Å². The van der Waals surface area contributed by atoms with Crippen LogP contribution in [0.15, 0.2) is 42.5 Å². The molecule has 2 amide bonds. The van der Waals surface area contributed by atoms with E-state index < -0.39 is 0 Å². The van der Waals surface area contributed by atoms with Crippen LogP contribution in [0.5, 0.6) is 11.5 Å². The molecule has 0 aliphatic rings. The van der Waals surface area contributed by atoms with Gasteiger partial charge in [-0.2, -0.15) is 0 Å². The average molecular weight is 385 g/mol. The largest absolute Gasteiger partial charge is 0.497 e. The standard InChI is InChI=1S/C21H27N3O4/c1-5-24(6-2)21(26)15-7-9-16(10-8-15)22-14-20(25)23-18-13-17(27-3)11-12-19(18)28-4/h7-13,22H,5-6,14H2,1-4H3,(H,23,25). The highest BCUT2D eigenvalue weighted by atomic mass is 16.5.